The van der Waals surface area contributed by atoms with Gasteiger partial charge in [0.05, 0.1) is 24.7 Å². The van der Waals surface area contributed by atoms with Crippen molar-refractivity contribution in [3.05, 3.63) is 24.3 Å². The van der Waals surface area contributed by atoms with Gasteiger partial charge in [0.15, 0.2) is 0 Å². The van der Waals surface area contributed by atoms with Crippen LogP contribution < -0.4 is 15.4 Å². The zero-order chi connectivity index (χ0) is 14.4. The van der Waals surface area contributed by atoms with Gasteiger partial charge in [0.2, 0.25) is 10.0 Å². The Kier molecular flexibility index (Phi) is 5.36. The summed E-state index contributed by atoms with van der Waals surface area (Å²) in [5.41, 5.74) is 6.10. The fraction of sp³-hybridized carbons (Fsp3) is 0.538. The van der Waals surface area contributed by atoms with Crippen LogP contribution >= 0.6 is 0 Å². The van der Waals surface area contributed by atoms with Gasteiger partial charge in [0.1, 0.15) is 13.1 Å². The fourth-order valence-electron chi connectivity index (χ4n) is 2.19. The van der Waals surface area contributed by atoms with Crippen LogP contribution in [-0.2, 0) is 14.8 Å². The van der Waals surface area contributed by atoms with Crippen LogP contribution in [0.1, 0.15) is 6.42 Å². The molecule has 0 amide bonds. The number of nitrogens with one attached hydrogen (secondary N) is 2. The number of rotatable bonds is 6. The molecule has 4 N–H and O–H groups in total. The largest absolute Gasteiger partial charge is 0.399 e. The Morgan fingerprint density at radius 2 is 1.85 bits per heavy atom. The molecule has 112 valence electrons. The van der Waals surface area contributed by atoms with E-state index in [0.29, 0.717) is 12.2 Å². The average molecular weight is 300 g/mol. The molecular weight excluding hydrogens is 278 g/mol. The molecule has 6 nitrogen and oxygen atoms in total. The van der Waals surface area contributed by atoms with E-state index in [4.69, 9.17) is 10.5 Å². The molecule has 0 bridgehead atoms. The number of anilines is 1. The van der Waals surface area contributed by atoms with E-state index in [1.807, 2.05) is 0 Å². The molecule has 1 saturated heterocycles. The van der Waals surface area contributed by atoms with Crippen LogP contribution in [0.25, 0.3) is 0 Å². The van der Waals surface area contributed by atoms with Crippen molar-refractivity contribution in [1.29, 1.82) is 0 Å². The SMILES string of the molecule is Nc1ccc(S(=O)(=O)NCCC[NH+]2CCOCC2)cc1. The van der Waals surface area contributed by atoms with Crippen molar-refractivity contribution < 1.29 is 18.1 Å². The molecule has 1 aromatic carbocycles. The normalized spacial score (nSPS) is 17.2. The Morgan fingerprint density at radius 1 is 1.20 bits per heavy atom. The van der Waals surface area contributed by atoms with Gasteiger partial charge in [0.25, 0.3) is 0 Å². The van der Waals surface area contributed by atoms with E-state index in [2.05, 4.69) is 4.72 Å². The molecule has 1 aromatic rings. The summed E-state index contributed by atoms with van der Waals surface area (Å²) in [5, 5.41) is 0. The number of ether oxygens (including phenoxy) is 1. The van der Waals surface area contributed by atoms with E-state index in [9.17, 15) is 8.42 Å². The summed E-state index contributed by atoms with van der Waals surface area (Å²) in [6.07, 6.45) is 0.823. The number of nitrogen functional groups attached to an aromatic ring is 1. The third kappa shape index (κ3) is 4.45. The highest BCUT2D eigenvalue weighted by Crippen LogP contribution is 2.10. The molecule has 0 atom stereocenters. The Bertz CT molecular complexity index is 510. The number of sulfonamides is 1. The minimum atomic E-state index is -3.42. The van der Waals surface area contributed by atoms with Crippen molar-refractivity contribution in [2.24, 2.45) is 0 Å². The van der Waals surface area contributed by atoms with Crippen LogP contribution in [0.2, 0.25) is 0 Å². The summed E-state index contributed by atoms with van der Waals surface area (Å²) >= 11 is 0. The molecule has 0 radical (unpaired) electrons. The highest BCUT2D eigenvalue weighted by molar-refractivity contribution is 7.89. The lowest BCUT2D eigenvalue weighted by Gasteiger charge is -2.23. The summed E-state index contributed by atoms with van der Waals surface area (Å²) in [4.78, 5) is 1.73. The number of quaternary nitrogens is 1. The van der Waals surface area contributed by atoms with E-state index >= 15 is 0 Å². The van der Waals surface area contributed by atoms with Gasteiger partial charge < -0.3 is 15.4 Å². The van der Waals surface area contributed by atoms with Crippen LogP contribution in [0.5, 0.6) is 0 Å². The standard InChI is InChI=1S/C13H21N3O3S/c14-12-2-4-13(5-3-12)20(17,18)15-6-1-7-16-8-10-19-11-9-16/h2-5,15H,1,6-11,14H2/p+1. The number of hydrogen-bond acceptors (Lipinski definition) is 4. The first-order chi connectivity index (χ1) is 9.58. The number of hydrogen-bond donors (Lipinski definition) is 3. The molecule has 1 fully saturated rings. The second-order valence-corrected chi connectivity index (χ2v) is 6.70. The number of benzene rings is 1. The van der Waals surface area contributed by atoms with Crippen LogP contribution in [0, 0.1) is 0 Å². The minimum Gasteiger partial charge on any atom is -0.399 e. The first-order valence-corrected chi connectivity index (χ1v) is 8.33. The maximum Gasteiger partial charge on any atom is 0.240 e. The van der Waals surface area contributed by atoms with E-state index in [1.54, 1.807) is 12.1 Å². The van der Waals surface area contributed by atoms with Crippen molar-refractivity contribution in [3.8, 4) is 0 Å². The topological polar surface area (TPSA) is 85.9 Å². The van der Waals surface area contributed by atoms with Crippen molar-refractivity contribution in [1.82, 2.24) is 4.72 Å². The first kappa shape index (κ1) is 15.2. The second-order valence-electron chi connectivity index (χ2n) is 4.93. The van der Waals surface area contributed by atoms with Crippen molar-refractivity contribution >= 4 is 15.7 Å². The lowest BCUT2D eigenvalue weighted by atomic mass is 10.3. The summed E-state index contributed by atoms with van der Waals surface area (Å²) < 4.78 is 31.9. The molecule has 1 aliphatic heterocycles. The van der Waals surface area contributed by atoms with Gasteiger partial charge in [-0.1, -0.05) is 0 Å². The zero-order valence-electron chi connectivity index (χ0n) is 11.5. The van der Waals surface area contributed by atoms with Gasteiger partial charge >= 0.3 is 0 Å². The molecule has 7 heteroatoms. The Hall–Kier alpha value is -1.15. The smallest absolute Gasteiger partial charge is 0.240 e. The van der Waals surface area contributed by atoms with Gasteiger partial charge in [-0.25, -0.2) is 13.1 Å². The summed E-state index contributed by atoms with van der Waals surface area (Å²) in [6, 6.07) is 6.22. The van der Waals surface area contributed by atoms with E-state index in [1.165, 1.54) is 17.0 Å². The predicted octanol–water partition coefficient (Wildman–Crippen LogP) is -1.15. The summed E-state index contributed by atoms with van der Waals surface area (Å²) in [5.74, 6) is 0. The van der Waals surface area contributed by atoms with Gasteiger partial charge in [-0.15, -0.1) is 0 Å². The van der Waals surface area contributed by atoms with Crippen molar-refractivity contribution in [2.45, 2.75) is 11.3 Å². The molecule has 0 saturated carbocycles. The van der Waals surface area contributed by atoms with Crippen molar-refractivity contribution in [2.75, 3.05) is 45.1 Å². The molecule has 0 spiro atoms. The summed E-state index contributed by atoms with van der Waals surface area (Å²) in [7, 11) is -3.42. The van der Waals surface area contributed by atoms with Crippen LogP contribution in [0.15, 0.2) is 29.2 Å². The molecule has 1 heterocycles. The Balaban J connectivity index is 1.76. The van der Waals surface area contributed by atoms with Gasteiger partial charge in [-0.2, -0.15) is 0 Å². The molecule has 0 aliphatic carbocycles. The zero-order valence-corrected chi connectivity index (χ0v) is 12.3. The molecule has 20 heavy (non-hydrogen) atoms. The molecule has 0 unspecified atom stereocenters. The van der Waals surface area contributed by atoms with Crippen LogP contribution in [0.3, 0.4) is 0 Å². The first-order valence-electron chi connectivity index (χ1n) is 6.84. The quantitative estimate of drug-likeness (QED) is 0.457. The van der Waals surface area contributed by atoms with E-state index in [0.717, 1.165) is 39.3 Å². The molecule has 2 rings (SSSR count). The van der Waals surface area contributed by atoms with Gasteiger partial charge in [0, 0.05) is 18.7 Å². The fourth-order valence-corrected chi connectivity index (χ4v) is 3.26. The molecule has 0 aromatic heterocycles. The highest BCUT2D eigenvalue weighted by Gasteiger charge is 2.15. The highest BCUT2D eigenvalue weighted by atomic mass is 32.2. The molecule has 1 aliphatic rings. The van der Waals surface area contributed by atoms with E-state index in [-0.39, 0.29) is 4.90 Å². The van der Waals surface area contributed by atoms with E-state index < -0.39 is 10.0 Å². The predicted molar refractivity (Wildman–Crippen MR) is 77.0 cm³/mol. The summed E-state index contributed by atoms with van der Waals surface area (Å²) in [6.45, 7) is 5.03. The Morgan fingerprint density at radius 3 is 2.50 bits per heavy atom. The van der Waals surface area contributed by atoms with Crippen LogP contribution in [-0.4, -0.2) is 47.8 Å². The lowest BCUT2D eigenvalue weighted by Crippen LogP contribution is -3.14. The number of nitrogens with two attached hydrogens (primary N) is 1. The van der Waals surface area contributed by atoms with Crippen LogP contribution in [0.4, 0.5) is 5.69 Å². The number of morpholine rings is 1. The maximum absolute atomic E-state index is 12.0. The third-order valence-corrected chi connectivity index (χ3v) is 4.87. The third-order valence-electron chi connectivity index (χ3n) is 3.39. The monoisotopic (exact) mass is 300 g/mol. The molecular formula is C13H22N3O3S+. The average Bonchev–Trinajstić information content (AvgIpc) is 2.45. The Labute approximate surface area is 120 Å². The maximum atomic E-state index is 12.0. The second kappa shape index (κ2) is 7.03. The van der Waals surface area contributed by atoms with Gasteiger partial charge in [-0.05, 0) is 24.3 Å². The lowest BCUT2D eigenvalue weighted by molar-refractivity contribution is -0.908. The minimum absolute atomic E-state index is 0.255. The van der Waals surface area contributed by atoms with Crippen molar-refractivity contribution in [3.63, 3.8) is 0 Å². The van der Waals surface area contributed by atoms with Gasteiger partial charge in [-0.3, -0.25) is 0 Å².